The van der Waals surface area contributed by atoms with Crippen molar-refractivity contribution in [2.75, 3.05) is 19.6 Å². The average Bonchev–Trinajstić information content (AvgIpc) is 2.54. The van der Waals surface area contributed by atoms with Gasteiger partial charge in [-0.2, -0.15) is 4.31 Å². The number of sulfonamides is 1. The van der Waals surface area contributed by atoms with Gasteiger partial charge in [-0.05, 0) is 70.2 Å². The molecule has 1 aromatic carbocycles. The summed E-state index contributed by atoms with van der Waals surface area (Å²) < 4.78 is 32.0. The molecule has 1 aliphatic rings. The van der Waals surface area contributed by atoms with Gasteiger partial charge in [0.1, 0.15) is 5.60 Å². The highest BCUT2D eigenvalue weighted by Crippen LogP contribution is 2.26. The monoisotopic (exact) mass is 402 g/mol. The third-order valence-corrected chi connectivity index (χ3v) is 6.41. The van der Waals surface area contributed by atoms with E-state index in [0.717, 1.165) is 19.3 Å². The lowest BCUT2D eigenvalue weighted by atomic mass is 9.95. The van der Waals surface area contributed by atoms with Crippen molar-refractivity contribution in [2.24, 2.45) is 5.92 Å². The fraction of sp³-hybridized carbons (Fsp3) is 0.611. The Morgan fingerprint density at radius 2 is 1.81 bits per heavy atom. The molecule has 0 radical (unpaired) electrons. The number of hydrogen-bond acceptors (Lipinski definition) is 4. The summed E-state index contributed by atoms with van der Waals surface area (Å²) >= 11 is 5.83. The summed E-state index contributed by atoms with van der Waals surface area (Å²) in [6, 6.07) is 6.25. The van der Waals surface area contributed by atoms with Crippen molar-refractivity contribution in [1.29, 1.82) is 0 Å². The number of alkyl carbamates (subject to hydrolysis) is 1. The zero-order valence-corrected chi connectivity index (χ0v) is 17.1. The molecule has 0 bridgehead atoms. The van der Waals surface area contributed by atoms with E-state index in [4.69, 9.17) is 16.3 Å². The Kier molecular flexibility index (Phi) is 6.93. The van der Waals surface area contributed by atoms with E-state index < -0.39 is 21.7 Å². The van der Waals surface area contributed by atoms with Gasteiger partial charge < -0.3 is 10.1 Å². The summed E-state index contributed by atoms with van der Waals surface area (Å²) in [6.07, 6.45) is 1.96. The number of carbonyl (C=O) groups is 1. The molecule has 1 heterocycles. The number of nitrogens with zero attached hydrogens (tertiary/aromatic N) is 1. The maximum atomic E-state index is 12.7. The van der Waals surface area contributed by atoms with E-state index in [1.807, 2.05) is 20.8 Å². The summed E-state index contributed by atoms with van der Waals surface area (Å²) in [4.78, 5) is 11.9. The van der Waals surface area contributed by atoms with Gasteiger partial charge in [0.05, 0.1) is 4.90 Å². The molecule has 0 spiro atoms. The number of hydrogen-bond donors (Lipinski definition) is 1. The van der Waals surface area contributed by atoms with Gasteiger partial charge in [0, 0.05) is 24.7 Å². The lowest BCUT2D eigenvalue weighted by Crippen LogP contribution is -2.39. The molecule has 1 fully saturated rings. The fourth-order valence-corrected chi connectivity index (χ4v) is 4.48. The molecule has 2 rings (SSSR count). The second-order valence-electron chi connectivity index (χ2n) is 7.52. The molecule has 0 saturated carbocycles. The molecular formula is C18H27ClN2O4S. The SMILES string of the molecule is CC(C)(C)OC(=O)NCCC1CCN(S(=O)(=O)c2ccc(Cl)cc2)CC1. The first-order chi connectivity index (χ1) is 12.1. The van der Waals surface area contributed by atoms with Crippen LogP contribution in [0, 0.1) is 5.92 Å². The van der Waals surface area contributed by atoms with Crippen molar-refractivity contribution in [3.63, 3.8) is 0 Å². The maximum absolute atomic E-state index is 12.7. The van der Waals surface area contributed by atoms with Gasteiger partial charge in [-0.25, -0.2) is 13.2 Å². The number of rotatable bonds is 5. The Balaban J connectivity index is 1.78. The Labute approximate surface area is 160 Å². The number of amides is 1. The van der Waals surface area contributed by atoms with Crippen LogP contribution in [0.2, 0.25) is 5.02 Å². The number of carbonyl (C=O) groups excluding carboxylic acids is 1. The second kappa shape index (κ2) is 8.59. The summed E-state index contributed by atoms with van der Waals surface area (Å²) in [5.41, 5.74) is -0.508. The van der Waals surface area contributed by atoms with Crippen LogP contribution in [0.1, 0.15) is 40.0 Å². The minimum Gasteiger partial charge on any atom is -0.444 e. The van der Waals surface area contributed by atoms with E-state index in [-0.39, 0.29) is 4.90 Å². The standard InChI is InChI=1S/C18H27ClN2O4S/c1-18(2,3)25-17(22)20-11-8-14-9-12-21(13-10-14)26(23,24)16-6-4-15(19)5-7-16/h4-7,14H,8-13H2,1-3H3,(H,20,22). The lowest BCUT2D eigenvalue weighted by molar-refractivity contribution is 0.0523. The molecule has 0 atom stereocenters. The van der Waals surface area contributed by atoms with Crippen molar-refractivity contribution in [2.45, 2.75) is 50.5 Å². The normalized spacial score (nSPS) is 17.1. The third kappa shape index (κ3) is 6.14. The van der Waals surface area contributed by atoms with Gasteiger partial charge in [-0.1, -0.05) is 11.6 Å². The molecular weight excluding hydrogens is 376 g/mol. The minimum absolute atomic E-state index is 0.270. The van der Waals surface area contributed by atoms with Crippen molar-refractivity contribution >= 4 is 27.7 Å². The molecule has 0 aromatic heterocycles. The van der Waals surface area contributed by atoms with Crippen LogP contribution < -0.4 is 5.32 Å². The van der Waals surface area contributed by atoms with Gasteiger partial charge >= 0.3 is 6.09 Å². The summed E-state index contributed by atoms with van der Waals surface area (Å²) in [5.74, 6) is 0.390. The number of halogens is 1. The smallest absolute Gasteiger partial charge is 0.407 e. The second-order valence-corrected chi connectivity index (χ2v) is 9.89. The predicted molar refractivity (Wildman–Crippen MR) is 102 cm³/mol. The number of nitrogens with one attached hydrogen (secondary N) is 1. The van der Waals surface area contributed by atoms with E-state index in [2.05, 4.69) is 5.32 Å². The Hall–Kier alpha value is -1.31. The van der Waals surface area contributed by atoms with Crippen LogP contribution >= 0.6 is 11.6 Å². The first-order valence-electron chi connectivity index (χ1n) is 8.80. The van der Waals surface area contributed by atoms with E-state index in [1.54, 1.807) is 12.1 Å². The zero-order chi connectivity index (χ0) is 19.4. The van der Waals surface area contributed by atoms with Gasteiger partial charge in [-0.15, -0.1) is 0 Å². The molecule has 1 aromatic rings. The van der Waals surface area contributed by atoms with Crippen LogP contribution in [-0.2, 0) is 14.8 Å². The maximum Gasteiger partial charge on any atom is 0.407 e. The quantitative estimate of drug-likeness (QED) is 0.815. The topological polar surface area (TPSA) is 75.7 Å². The van der Waals surface area contributed by atoms with Crippen molar-refractivity contribution in [3.8, 4) is 0 Å². The molecule has 6 nitrogen and oxygen atoms in total. The average molecular weight is 403 g/mol. The van der Waals surface area contributed by atoms with Crippen LogP contribution in [0.3, 0.4) is 0 Å². The van der Waals surface area contributed by atoms with Crippen LogP contribution in [-0.4, -0.2) is 44.1 Å². The highest BCUT2D eigenvalue weighted by molar-refractivity contribution is 7.89. The van der Waals surface area contributed by atoms with Crippen LogP contribution in [0.4, 0.5) is 4.79 Å². The minimum atomic E-state index is -3.47. The van der Waals surface area contributed by atoms with Gasteiger partial charge in [0.2, 0.25) is 10.0 Å². The van der Waals surface area contributed by atoms with Gasteiger partial charge in [0.25, 0.3) is 0 Å². The van der Waals surface area contributed by atoms with Crippen molar-refractivity contribution in [1.82, 2.24) is 9.62 Å². The molecule has 1 amide bonds. The summed E-state index contributed by atoms with van der Waals surface area (Å²) in [6.45, 7) is 6.98. The lowest BCUT2D eigenvalue weighted by Gasteiger charge is -2.31. The van der Waals surface area contributed by atoms with E-state index >= 15 is 0 Å². The van der Waals surface area contributed by atoms with Gasteiger partial charge in [-0.3, -0.25) is 0 Å². The summed E-state index contributed by atoms with van der Waals surface area (Å²) in [7, 11) is -3.47. The largest absolute Gasteiger partial charge is 0.444 e. The molecule has 1 N–H and O–H groups in total. The van der Waals surface area contributed by atoms with Crippen LogP contribution in [0.25, 0.3) is 0 Å². The Morgan fingerprint density at radius 1 is 1.23 bits per heavy atom. The zero-order valence-electron chi connectivity index (χ0n) is 15.5. The molecule has 0 unspecified atom stereocenters. The van der Waals surface area contributed by atoms with Crippen molar-refractivity contribution < 1.29 is 17.9 Å². The molecule has 1 aliphatic heterocycles. The van der Waals surface area contributed by atoms with E-state index in [9.17, 15) is 13.2 Å². The predicted octanol–water partition coefficient (Wildman–Crippen LogP) is 3.66. The molecule has 146 valence electrons. The molecule has 1 saturated heterocycles. The number of ether oxygens (including phenoxy) is 1. The Morgan fingerprint density at radius 3 is 2.35 bits per heavy atom. The fourth-order valence-electron chi connectivity index (χ4n) is 2.89. The third-order valence-electron chi connectivity index (χ3n) is 4.25. The van der Waals surface area contributed by atoms with Crippen molar-refractivity contribution in [3.05, 3.63) is 29.3 Å². The first-order valence-corrected chi connectivity index (χ1v) is 10.6. The van der Waals surface area contributed by atoms with Gasteiger partial charge in [0.15, 0.2) is 0 Å². The Bertz CT molecular complexity index is 706. The van der Waals surface area contributed by atoms with Crippen LogP contribution in [0.15, 0.2) is 29.2 Å². The first kappa shape index (κ1) is 21.0. The van der Waals surface area contributed by atoms with E-state index in [0.29, 0.717) is 30.6 Å². The molecule has 0 aliphatic carbocycles. The van der Waals surface area contributed by atoms with E-state index in [1.165, 1.54) is 16.4 Å². The highest BCUT2D eigenvalue weighted by atomic mass is 35.5. The summed E-state index contributed by atoms with van der Waals surface area (Å²) in [5, 5.41) is 3.27. The van der Waals surface area contributed by atoms with Crippen LogP contribution in [0.5, 0.6) is 0 Å². The number of benzene rings is 1. The number of piperidine rings is 1. The molecule has 26 heavy (non-hydrogen) atoms. The molecule has 8 heteroatoms. The highest BCUT2D eigenvalue weighted by Gasteiger charge is 2.29.